The number of ether oxygens (including phenoxy) is 1. The third-order valence-electron chi connectivity index (χ3n) is 4.46. The standard InChI is InChI=1S/C22H23ClN2O3S/c1-3-28-13-7-12-25-21(27)18-10-4-5-11-19(18)24-22(25)29-15(2)20(26)16-8-6-9-17(23)14-16/h4-6,8-11,14-15H,3,7,12-13H2,1-2H3. The molecule has 1 heterocycles. The van der Waals surface area contributed by atoms with Crippen molar-refractivity contribution in [3.63, 3.8) is 0 Å². The van der Waals surface area contributed by atoms with Gasteiger partial charge in [0.25, 0.3) is 5.56 Å². The number of aromatic nitrogens is 2. The topological polar surface area (TPSA) is 61.2 Å². The molecule has 152 valence electrons. The lowest BCUT2D eigenvalue weighted by Gasteiger charge is -2.16. The number of Topliss-reactive ketones (excluding diaryl/α,β-unsaturated/α-hetero) is 1. The number of thioether (sulfide) groups is 1. The van der Waals surface area contributed by atoms with Crippen molar-refractivity contribution in [2.45, 2.75) is 37.2 Å². The van der Waals surface area contributed by atoms with E-state index in [0.29, 0.717) is 52.8 Å². The summed E-state index contributed by atoms with van der Waals surface area (Å²) in [5.41, 5.74) is 1.07. The fourth-order valence-corrected chi connectivity index (χ4v) is 4.19. The lowest BCUT2D eigenvalue weighted by Crippen LogP contribution is -2.25. The van der Waals surface area contributed by atoms with Crippen LogP contribution in [0.2, 0.25) is 5.02 Å². The number of carbonyl (C=O) groups excluding carboxylic acids is 1. The van der Waals surface area contributed by atoms with Gasteiger partial charge in [-0.1, -0.05) is 47.6 Å². The Hall–Kier alpha value is -2.15. The predicted octanol–water partition coefficient (Wildman–Crippen LogP) is 4.84. The molecule has 2 aromatic carbocycles. The summed E-state index contributed by atoms with van der Waals surface area (Å²) in [5.74, 6) is -0.0548. The Morgan fingerprint density at radius 1 is 1.24 bits per heavy atom. The van der Waals surface area contributed by atoms with Crippen LogP contribution in [-0.4, -0.2) is 33.8 Å². The number of carbonyl (C=O) groups is 1. The monoisotopic (exact) mass is 430 g/mol. The first-order valence-corrected chi connectivity index (χ1v) is 10.8. The molecule has 0 saturated carbocycles. The van der Waals surface area contributed by atoms with Crippen molar-refractivity contribution in [1.82, 2.24) is 9.55 Å². The van der Waals surface area contributed by atoms with Crippen LogP contribution in [0.5, 0.6) is 0 Å². The average molecular weight is 431 g/mol. The van der Waals surface area contributed by atoms with E-state index >= 15 is 0 Å². The van der Waals surface area contributed by atoms with E-state index in [2.05, 4.69) is 4.98 Å². The number of para-hydroxylation sites is 1. The molecule has 0 saturated heterocycles. The molecular formula is C22H23ClN2O3S. The molecule has 1 aromatic heterocycles. The van der Waals surface area contributed by atoms with Crippen LogP contribution in [0.15, 0.2) is 58.5 Å². The van der Waals surface area contributed by atoms with Crippen molar-refractivity contribution in [1.29, 1.82) is 0 Å². The number of benzene rings is 2. The number of nitrogens with zero attached hydrogens (tertiary/aromatic N) is 2. The van der Waals surface area contributed by atoms with Crippen molar-refractivity contribution in [3.8, 4) is 0 Å². The zero-order chi connectivity index (χ0) is 20.8. The van der Waals surface area contributed by atoms with Gasteiger partial charge in [0.2, 0.25) is 0 Å². The van der Waals surface area contributed by atoms with E-state index in [9.17, 15) is 9.59 Å². The summed E-state index contributed by atoms with van der Waals surface area (Å²) >= 11 is 7.31. The van der Waals surface area contributed by atoms with Crippen molar-refractivity contribution >= 4 is 40.0 Å². The van der Waals surface area contributed by atoms with E-state index in [1.807, 2.05) is 32.0 Å². The molecule has 0 bridgehead atoms. The van der Waals surface area contributed by atoms with E-state index in [0.717, 1.165) is 0 Å². The molecule has 29 heavy (non-hydrogen) atoms. The Labute approximate surface area is 179 Å². The van der Waals surface area contributed by atoms with Gasteiger partial charge in [-0.2, -0.15) is 0 Å². The molecule has 0 aliphatic rings. The highest BCUT2D eigenvalue weighted by Gasteiger charge is 2.20. The Balaban J connectivity index is 1.91. The number of hydrogen-bond donors (Lipinski definition) is 0. The van der Waals surface area contributed by atoms with Crippen molar-refractivity contribution < 1.29 is 9.53 Å². The molecule has 0 radical (unpaired) electrons. The van der Waals surface area contributed by atoms with Crippen LogP contribution in [-0.2, 0) is 11.3 Å². The minimum Gasteiger partial charge on any atom is -0.382 e. The molecule has 1 unspecified atom stereocenters. The largest absolute Gasteiger partial charge is 0.382 e. The fourth-order valence-electron chi connectivity index (χ4n) is 2.99. The average Bonchev–Trinajstić information content (AvgIpc) is 2.72. The summed E-state index contributed by atoms with van der Waals surface area (Å²) in [5, 5.41) is 1.21. The molecule has 3 aromatic rings. The van der Waals surface area contributed by atoms with Gasteiger partial charge in [0.1, 0.15) is 0 Å². The normalized spacial score (nSPS) is 12.2. The second-order valence-corrected chi connectivity index (χ2v) is 8.30. The second kappa shape index (κ2) is 10.1. The molecule has 5 nitrogen and oxygen atoms in total. The van der Waals surface area contributed by atoms with Crippen LogP contribution in [0.4, 0.5) is 0 Å². The van der Waals surface area contributed by atoms with Gasteiger partial charge >= 0.3 is 0 Å². The van der Waals surface area contributed by atoms with E-state index in [1.54, 1.807) is 34.9 Å². The maximum Gasteiger partial charge on any atom is 0.262 e. The smallest absolute Gasteiger partial charge is 0.262 e. The summed E-state index contributed by atoms with van der Waals surface area (Å²) in [6, 6.07) is 14.2. The first-order chi connectivity index (χ1) is 14.0. The number of fused-ring (bicyclic) bond motifs is 1. The van der Waals surface area contributed by atoms with Gasteiger partial charge in [0.15, 0.2) is 10.9 Å². The Morgan fingerprint density at radius 3 is 2.79 bits per heavy atom. The van der Waals surface area contributed by atoms with Gasteiger partial charge in [0, 0.05) is 30.3 Å². The number of hydrogen-bond acceptors (Lipinski definition) is 5. The van der Waals surface area contributed by atoms with E-state index in [4.69, 9.17) is 16.3 Å². The van der Waals surface area contributed by atoms with Crippen molar-refractivity contribution in [3.05, 3.63) is 69.5 Å². The molecule has 0 amide bonds. The van der Waals surface area contributed by atoms with Crippen LogP contribution in [0.25, 0.3) is 10.9 Å². The highest BCUT2D eigenvalue weighted by atomic mass is 35.5. The molecule has 1 atom stereocenters. The van der Waals surface area contributed by atoms with Crippen LogP contribution in [0.1, 0.15) is 30.6 Å². The van der Waals surface area contributed by atoms with Gasteiger partial charge in [-0.25, -0.2) is 4.98 Å². The molecule has 0 fully saturated rings. The SMILES string of the molecule is CCOCCCn1c(SC(C)C(=O)c2cccc(Cl)c2)nc2ccccc2c1=O. The zero-order valence-electron chi connectivity index (χ0n) is 16.4. The van der Waals surface area contributed by atoms with E-state index in [1.165, 1.54) is 11.8 Å². The lowest BCUT2D eigenvalue weighted by molar-refractivity contribution is 0.0993. The van der Waals surface area contributed by atoms with Crippen LogP contribution in [0.3, 0.4) is 0 Å². The number of rotatable bonds is 9. The Morgan fingerprint density at radius 2 is 2.03 bits per heavy atom. The second-order valence-electron chi connectivity index (χ2n) is 6.55. The highest BCUT2D eigenvalue weighted by Crippen LogP contribution is 2.26. The fraction of sp³-hybridized carbons (Fsp3) is 0.318. The molecule has 3 rings (SSSR count). The molecule has 0 aliphatic heterocycles. The quantitative estimate of drug-likeness (QED) is 0.210. The molecule has 0 N–H and O–H groups in total. The van der Waals surface area contributed by atoms with Crippen LogP contribution in [0, 0.1) is 0 Å². The number of halogens is 1. The molecule has 0 spiro atoms. The third-order valence-corrected chi connectivity index (χ3v) is 5.79. The lowest BCUT2D eigenvalue weighted by atomic mass is 10.1. The maximum atomic E-state index is 13.0. The first-order valence-electron chi connectivity index (χ1n) is 9.55. The van der Waals surface area contributed by atoms with Gasteiger partial charge in [0.05, 0.1) is 16.2 Å². The van der Waals surface area contributed by atoms with Gasteiger partial charge in [-0.05, 0) is 44.5 Å². The van der Waals surface area contributed by atoms with Gasteiger partial charge in [-0.3, -0.25) is 14.2 Å². The van der Waals surface area contributed by atoms with Crippen molar-refractivity contribution in [2.24, 2.45) is 0 Å². The summed E-state index contributed by atoms with van der Waals surface area (Å²) in [7, 11) is 0. The van der Waals surface area contributed by atoms with Gasteiger partial charge in [-0.15, -0.1) is 0 Å². The first kappa shape index (κ1) is 21.6. The highest BCUT2D eigenvalue weighted by molar-refractivity contribution is 8.00. The molecule has 7 heteroatoms. The van der Waals surface area contributed by atoms with Crippen LogP contribution >= 0.6 is 23.4 Å². The Kier molecular flexibility index (Phi) is 7.47. The minimum absolute atomic E-state index is 0.0548. The van der Waals surface area contributed by atoms with Crippen LogP contribution < -0.4 is 5.56 Å². The van der Waals surface area contributed by atoms with Crippen molar-refractivity contribution in [2.75, 3.05) is 13.2 Å². The van der Waals surface area contributed by atoms with E-state index in [-0.39, 0.29) is 11.3 Å². The van der Waals surface area contributed by atoms with Gasteiger partial charge < -0.3 is 4.74 Å². The molecular weight excluding hydrogens is 408 g/mol. The summed E-state index contributed by atoms with van der Waals surface area (Å²) in [6.45, 7) is 5.44. The predicted molar refractivity (Wildman–Crippen MR) is 118 cm³/mol. The Bertz CT molecular complexity index is 1070. The summed E-state index contributed by atoms with van der Waals surface area (Å²) < 4.78 is 7.05. The summed E-state index contributed by atoms with van der Waals surface area (Å²) in [4.78, 5) is 30.6. The number of ketones is 1. The molecule has 0 aliphatic carbocycles. The maximum absolute atomic E-state index is 13.0. The third kappa shape index (κ3) is 5.26. The summed E-state index contributed by atoms with van der Waals surface area (Å²) in [6.07, 6.45) is 0.692. The minimum atomic E-state index is -0.417. The van der Waals surface area contributed by atoms with E-state index < -0.39 is 5.25 Å². The zero-order valence-corrected chi connectivity index (χ0v) is 18.0.